The lowest BCUT2D eigenvalue weighted by atomic mass is 10.2. The number of rotatable bonds is 4. The highest BCUT2D eigenvalue weighted by Gasteiger charge is 2.20. The molecule has 0 fully saturated rings. The number of para-hydroxylation sites is 1. The van der Waals surface area contributed by atoms with Crippen molar-refractivity contribution < 1.29 is 9.21 Å². The van der Waals surface area contributed by atoms with E-state index >= 15 is 0 Å². The Balaban J connectivity index is 1.67. The number of carbonyl (C=O) groups excluding carboxylic acids is 1. The molecule has 1 atom stereocenters. The monoisotopic (exact) mass is 314 g/mol. The van der Waals surface area contributed by atoms with Crippen molar-refractivity contribution in [3.63, 3.8) is 0 Å². The number of furan rings is 1. The van der Waals surface area contributed by atoms with E-state index in [1.54, 1.807) is 23.3 Å². The Morgan fingerprint density at radius 1 is 1.32 bits per heavy atom. The number of nitrogens with one attached hydrogen (secondary N) is 1. The van der Waals surface area contributed by atoms with Crippen LogP contribution >= 0.6 is 11.3 Å². The third-order valence-corrected chi connectivity index (χ3v) is 4.63. The molecule has 0 aliphatic rings. The van der Waals surface area contributed by atoms with E-state index in [1.807, 2.05) is 54.8 Å². The number of carbonyl (C=O) groups is 1. The summed E-state index contributed by atoms with van der Waals surface area (Å²) >= 11 is 1.63. The molecule has 0 saturated heterocycles. The van der Waals surface area contributed by atoms with Gasteiger partial charge in [0.1, 0.15) is 11.3 Å². The predicted molar refractivity (Wildman–Crippen MR) is 88.9 cm³/mol. The largest absolute Gasteiger partial charge is 0.459 e. The van der Waals surface area contributed by atoms with Gasteiger partial charge in [0.15, 0.2) is 0 Å². The Morgan fingerprint density at radius 2 is 2.14 bits per heavy atom. The Bertz CT molecular complexity index is 731. The zero-order valence-corrected chi connectivity index (χ0v) is 13.4. The van der Waals surface area contributed by atoms with Crippen molar-refractivity contribution in [2.45, 2.75) is 19.5 Å². The topological polar surface area (TPSA) is 45.5 Å². The molecule has 1 N–H and O–H groups in total. The van der Waals surface area contributed by atoms with E-state index in [2.05, 4.69) is 5.32 Å². The molecule has 0 saturated carbocycles. The SMILES string of the molecule is CC(c1cc2ccccc2o1)N(C)C(=O)NCc1cccs1. The number of nitrogens with zero attached hydrogens (tertiary/aromatic N) is 1. The zero-order valence-electron chi connectivity index (χ0n) is 12.6. The molecule has 22 heavy (non-hydrogen) atoms. The van der Waals surface area contributed by atoms with Crippen LogP contribution in [0.3, 0.4) is 0 Å². The van der Waals surface area contributed by atoms with Gasteiger partial charge in [-0.3, -0.25) is 0 Å². The van der Waals surface area contributed by atoms with Crippen LogP contribution in [0.15, 0.2) is 52.3 Å². The Labute approximate surface area is 133 Å². The van der Waals surface area contributed by atoms with E-state index < -0.39 is 0 Å². The second-order valence-electron chi connectivity index (χ2n) is 5.21. The molecule has 0 aliphatic heterocycles. The number of hydrogen-bond acceptors (Lipinski definition) is 3. The van der Waals surface area contributed by atoms with Crippen molar-refractivity contribution in [2.24, 2.45) is 0 Å². The first-order valence-electron chi connectivity index (χ1n) is 7.16. The molecule has 3 rings (SSSR count). The molecular formula is C17H18N2O2S. The maximum absolute atomic E-state index is 12.2. The lowest BCUT2D eigenvalue weighted by Crippen LogP contribution is -2.38. The quantitative estimate of drug-likeness (QED) is 0.776. The van der Waals surface area contributed by atoms with Gasteiger partial charge in [-0.1, -0.05) is 24.3 Å². The predicted octanol–water partition coefficient (Wildman–Crippen LogP) is 4.40. The van der Waals surface area contributed by atoms with Crippen molar-refractivity contribution in [1.29, 1.82) is 0 Å². The number of amides is 2. The molecule has 2 aromatic heterocycles. The minimum Gasteiger partial charge on any atom is -0.459 e. The van der Waals surface area contributed by atoms with Crippen LogP contribution in [0.5, 0.6) is 0 Å². The van der Waals surface area contributed by atoms with Crippen LogP contribution in [-0.4, -0.2) is 18.0 Å². The van der Waals surface area contributed by atoms with Gasteiger partial charge in [-0.15, -0.1) is 11.3 Å². The first kappa shape index (κ1) is 14.7. The second kappa shape index (κ2) is 6.23. The Kier molecular flexibility index (Phi) is 4.15. The van der Waals surface area contributed by atoms with Crippen LogP contribution in [0.25, 0.3) is 11.0 Å². The maximum Gasteiger partial charge on any atom is 0.318 e. The van der Waals surface area contributed by atoms with Gasteiger partial charge in [-0.05, 0) is 30.5 Å². The smallest absolute Gasteiger partial charge is 0.318 e. The molecule has 5 heteroatoms. The standard InChI is InChI=1S/C17H18N2O2S/c1-12(16-10-13-6-3-4-8-15(13)21-16)19(2)17(20)18-11-14-7-5-9-22-14/h3-10,12H,11H2,1-2H3,(H,18,20). The van der Waals surface area contributed by atoms with Gasteiger partial charge in [0, 0.05) is 17.3 Å². The number of fused-ring (bicyclic) bond motifs is 1. The summed E-state index contributed by atoms with van der Waals surface area (Å²) in [6.45, 7) is 2.51. The maximum atomic E-state index is 12.2. The Hall–Kier alpha value is -2.27. The minimum atomic E-state index is -0.129. The molecule has 0 spiro atoms. The average molecular weight is 314 g/mol. The molecule has 4 nitrogen and oxygen atoms in total. The summed E-state index contributed by atoms with van der Waals surface area (Å²) in [6, 6.07) is 13.6. The second-order valence-corrected chi connectivity index (χ2v) is 6.24. The molecular weight excluding hydrogens is 296 g/mol. The van der Waals surface area contributed by atoms with Crippen molar-refractivity contribution >= 4 is 28.3 Å². The fraction of sp³-hybridized carbons (Fsp3) is 0.235. The van der Waals surface area contributed by atoms with Crippen molar-refractivity contribution in [3.05, 3.63) is 58.5 Å². The highest BCUT2D eigenvalue weighted by molar-refractivity contribution is 7.09. The van der Waals surface area contributed by atoms with Crippen LogP contribution in [0.4, 0.5) is 4.79 Å². The average Bonchev–Trinajstić information content (AvgIpc) is 3.19. The van der Waals surface area contributed by atoms with E-state index in [-0.39, 0.29) is 12.1 Å². The summed E-state index contributed by atoms with van der Waals surface area (Å²) in [5.41, 5.74) is 0.844. The summed E-state index contributed by atoms with van der Waals surface area (Å²) in [4.78, 5) is 15.0. The highest BCUT2D eigenvalue weighted by atomic mass is 32.1. The van der Waals surface area contributed by atoms with Gasteiger partial charge >= 0.3 is 6.03 Å². The van der Waals surface area contributed by atoms with E-state index in [0.29, 0.717) is 6.54 Å². The van der Waals surface area contributed by atoms with Gasteiger partial charge in [-0.2, -0.15) is 0 Å². The van der Waals surface area contributed by atoms with Gasteiger partial charge < -0.3 is 14.6 Å². The number of benzene rings is 1. The molecule has 114 valence electrons. The number of thiophene rings is 1. The lowest BCUT2D eigenvalue weighted by molar-refractivity contribution is 0.187. The lowest BCUT2D eigenvalue weighted by Gasteiger charge is -2.23. The summed E-state index contributed by atoms with van der Waals surface area (Å²) in [6.07, 6.45) is 0. The van der Waals surface area contributed by atoms with E-state index in [9.17, 15) is 4.79 Å². The number of urea groups is 1. The molecule has 2 heterocycles. The van der Waals surface area contributed by atoms with Gasteiger partial charge in [-0.25, -0.2) is 4.79 Å². The third kappa shape index (κ3) is 2.99. The van der Waals surface area contributed by atoms with Gasteiger partial charge in [0.05, 0.1) is 12.6 Å². The summed E-state index contributed by atoms with van der Waals surface area (Å²) in [5, 5.41) is 5.98. The normalized spacial score (nSPS) is 12.3. The van der Waals surface area contributed by atoms with Crippen molar-refractivity contribution in [3.8, 4) is 0 Å². The molecule has 2 amide bonds. The van der Waals surface area contributed by atoms with Gasteiger partial charge in [0.25, 0.3) is 0 Å². The van der Waals surface area contributed by atoms with Crippen LogP contribution in [0.2, 0.25) is 0 Å². The van der Waals surface area contributed by atoms with E-state index in [4.69, 9.17) is 4.42 Å². The summed E-state index contributed by atoms with van der Waals surface area (Å²) < 4.78 is 5.83. The van der Waals surface area contributed by atoms with Crippen LogP contribution in [0.1, 0.15) is 23.6 Å². The zero-order chi connectivity index (χ0) is 15.5. The molecule has 0 radical (unpaired) electrons. The third-order valence-electron chi connectivity index (χ3n) is 3.75. The van der Waals surface area contributed by atoms with Crippen LogP contribution < -0.4 is 5.32 Å². The fourth-order valence-corrected chi connectivity index (χ4v) is 2.92. The van der Waals surface area contributed by atoms with Crippen molar-refractivity contribution in [2.75, 3.05) is 7.05 Å². The van der Waals surface area contributed by atoms with Crippen molar-refractivity contribution in [1.82, 2.24) is 10.2 Å². The molecule has 1 aromatic carbocycles. The van der Waals surface area contributed by atoms with E-state index in [0.717, 1.165) is 21.6 Å². The Morgan fingerprint density at radius 3 is 2.86 bits per heavy atom. The minimum absolute atomic E-state index is 0.110. The van der Waals surface area contributed by atoms with E-state index in [1.165, 1.54) is 0 Å². The molecule has 0 bridgehead atoms. The highest BCUT2D eigenvalue weighted by Crippen LogP contribution is 2.26. The first-order chi connectivity index (χ1) is 10.6. The summed E-state index contributed by atoms with van der Waals surface area (Å²) in [5.74, 6) is 0.787. The number of hydrogen-bond donors (Lipinski definition) is 1. The fourth-order valence-electron chi connectivity index (χ4n) is 2.28. The van der Waals surface area contributed by atoms with Gasteiger partial charge in [0.2, 0.25) is 0 Å². The summed E-state index contributed by atoms with van der Waals surface area (Å²) in [7, 11) is 1.78. The van der Waals surface area contributed by atoms with Crippen LogP contribution in [-0.2, 0) is 6.54 Å². The molecule has 0 aliphatic carbocycles. The first-order valence-corrected chi connectivity index (χ1v) is 8.04. The molecule has 1 unspecified atom stereocenters. The van der Waals surface area contributed by atoms with Crippen LogP contribution in [0, 0.1) is 0 Å². The molecule has 3 aromatic rings.